The van der Waals surface area contributed by atoms with Gasteiger partial charge in [-0.25, -0.2) is 0 Å². The van der Waals surface area contributed by atoms with Crippen molar-refractivity contribution >= 4 is 0 Å². The fraction of sp³-hybridized carbons (Fsp3) is 0.188. The molecule has 3 heteroatoms. The van der Waals surface area contributed by atoms with E-state index in [9.17, 15) is 0 Å². The molecule has 0 saturated carbocycles. The van der Waals surface area contributed by atoms with Crippen molar-refractivity contribution in [1.29, 1.82) is 0 Å². The van der Waals surface area contributed by atoms with E-state index in [1.165, 1.54) is 0 Å². The zero-order valence-electron chi connectivity index (χ0n) is 10.8. The first kappa shape index (κ1) is 13.1. The van der Waals surface area contributed by atoms with Gasteiger partial charge in [-0.2, -0.15) is 0 Å². The zero-order valence-corrected chi connectivity index (χ0v) is 10.8. The van der Waals surface area contributed by atoms with Crippen molar-refractivity contribution in [3.8, 4) is 17.6 Å². The summed E-state index contributed by atoms with van der Waals surface area (Å²) in [5, 5.41) is 8.77. The first-order valence-electron chi connectivity index (χ1n) is 6.01. The van der Waals surface area contributed by atoms with E-state index in [1.54, 1.807) is 12.4 Å². The number of hydrogen-bond acceptors (Lipinski definition) is 3. The van der Waals surface area contributed by atoms with Crippen LogP contribution in [0.1, 0.15) is 16.7 Å². The molecule has 2 aromatic rings. The summed E-state index contributed by atoms with van der Waals surface area (Å²) in [6.07, 6.45) is 3.50. The molecule has 0 spiro atoms. The highest BCUT2D eigenvalue weighted by Crippen LogP contribution is 2.20. The zero-order chi connectivity index (χ0) is 13.5. The van der Waals surface area contributed by atoms with Crippen LogP contribution in [-0.4, -0.2) is 16.7 Å². The molecule has 0 aliphatic rings. The number of pyridine rings is 1. The highest BCUT2D eigenvalue weighted by atomic mass is 16.5. The van der Waals surface area contributed by atoms with Gasteiger partial charge in [0.1, 0.15) is 19.0 Å². The maximum absolute atomic E-state index is 8.77. The van der Waals surface area contributed by atoms with Crippen molar-refractivity contribution in [3.63, 3.8) is 0 Å². The fourth-order valence-electron chi connectivity index (χ4n) is 1.65. The van der Waals surface area contributed by atoms with Crippen LogP contribution in [0.15, 0.2) is 42.7 Å². The minimum Gasteiger partial charge on any atom is -0.488 e. The molecule has 0 fully saturated rings. The van der Waals surface area contributed by atoms with Crippen molar-refractivity contribution in [2.45, 2.75) is 13.5 Å². The summed E-state index contributed by atoms with van der Waals surface area (Å²) in [5.74, 6) is 6.26. The molecule has 0 atom stereocenters. The van der Waals surface area contributed by atoms with Crippen LogP contribution in [0.25, 0.3) is 0 Å². The molecule has 0 bridgehead atoms. The van der Waals surface area contributed by atoms with E-state index in [2.05, 4.69) is 16.8 Å². The Bertz CT molecular complexity index is 597. The van der Waals surface area contributed by atoms with Gasteiger partial charge in [0, 0.05) is 18.0 Å². The molecule has 0 aliphatic carbocycles. The van der Waals surface area contributed by atoms with Crippen LogP contribution in [0.2, 0.25) is 0 Å². The lowest BCUT2D eigenvalue weighted by atomic mass is 10.1. The summed E-state index contributed by atoms with van der Waals surface area (Å²) < 4.78 is 5.75. The van der Waals surface area contributed by atoms with Crippen LogP contribution in [0.3, 0.4) is 0 Å². The molecule has 2 rings (SSSR count). The third-order valence-electron chi connectivity index (χ3n) is 2.55. The number of aryl methyl sites for hydroxylation is 1. The average molecular weight is 253 g/mol. The molecule has 1 N–H and O–H groups in total. The van der Waals surface area contributed by atoms with Crippen molar-refractivity contribution in [2.75, 3.05) is 6.61 Å². The number of aromatic nitrogens is 1. The monoisotopic (exact) mass is 253 g/mol. The van der Waals surface area contributed by atoms with Crippen molar-refractivity contribution in [1.82, 2.24) is 4.98 Å². The molecule has 0 radical (unpaired) electrons. The van der Waals surface area contributed by atoms with E-state index < -0.39 is 0 Å². The van der Waals surface area contributed by atoms with Crippen LogP contribution in [0.5, 0.6) is 5.75 Å². The Morgan fingerprint density at radius 2 is 2.21 bits per heavy atom. The smallest absolute Gasteiger partial charge is 0.135 e. The maximum atomic E-state index is 8.77. The van der Waals surface area contributed by atoms with Gasteiger partial charge in [-0.3, -0.25) is 4.98 Å². The molecule has 0 saturated heterocycles. The lowest BCUT2D eigenvalue weighted by Gasteiger charge is -2.08. The molecule has 0 unspecified atom stereocenters. The standard InChI is InChI=1S/C16H15NO2/c1-13-6-7-16(15(10-13)5-3-9-18)19-12-14-4-2-8-17-11-14/h2,4,6-8,10-11,18H,9,12H2,1H3. The highest BCUT2D eigenvalue weighted by molar-refractivity contribution is 5.48. The van der Waals surface area contributed by atoms with E-state index in [0.717, 1.165) is 22.4 Å². The molecule has 0 amide bonds. The summed E-state index contributed by atoms with van der Waals surface area (Å²) in [5.41, 5.74) is 2.90. The van der Waals surface area contributed by atoms with Gasteiger partial charge in [0.25, 0.3) is 0 Å². The fourth-order valence-corrected chi connectivity index (χ4v) is 1.65. The Morgan fingerprint density at radius 1 is 1.32 bits per heavy atom. The summed E-state index contributed by atoms with van der Waals surface area (Å²) in [4.78, 5) is 4.04. The second-order valence-corrected chi connectivity index (χ2v) is 4.11. The first-order chi connectivity index (χ1) is 9.29. The van der Waals surface area contributed by atoms with E-state index in [4.69, 9.17) is 9.84 Å². The predicted octanol–water partition coefficient (Wildman–Crippen LogP) is 2.31. The Labute approximate surface area is 112 Å². The molecule has 96 valence electrons. The third-order valence-corrected chi connectivity index (χ3v) is 2.55. The van der Waals surface area contributed by atoms with Crippen molar-refractivity contribution in [2.24, 2.45) is 0 Å². The number of ether oxygens (including phenoxy) is 1. The lowest BCUT2D eigenvalue weighted by Crippen LogP contribution is -1.98. The molecule has 1 aromatic carbocycles. The number of rotatable bonds is 3. The number of benzene rings is 1. The lowest BCUT2D eigenvalue weighted by molar-refractivity contribution is 0.305. The van der Waals surface area contributed by atoms with Crippen LogP contribution < -0.4 is 4.74 Å². The maximum Gasteiger partial charge on any atom is 0.135 e. The van der Waals surface area contributed by atoms with Crippen LogP contribution >= 0.6 is 0 Å². The Morgan fingerprint density at radius 3 is 2.95 bits per heavy atom. The van der Waals surface area contributed by atoms with Crippen LogP contribution in [-0.2, 0) is 6.61 Å². The summed E-state index contributed by atoms with van der Waals surface area (Å²) in [6, 6.07) is 9.65. The number of hydrogen-bond donors (Lipinski definition) is 1. The number of aliphatic hydroxyl groups is 1. The second kappa shape index (κ2) is 6.58. The third kappa shape index (κ3) is 3.84. The SMILES string of the molecule is Cc1ccc(OCc2cccnc2)c(C#CCO)c1. The summed E-state index contributed by atoms with van der Waals surface area (Å²) in [6.45, 7) is 2.29. The van der Waals surface area contributed by atoms with E-state index >= 15 is 0 Å². The largest absolute Gasteiger partial charge is 0.488 e. The molecule has 1 heterocycles. The second-order valence-electron chi connectivity index (χ2n) is 4.11. The van der Waals surface area contributed by atoms with Gasteiger partial charge >= 0.3 is 0 Å². The van der Waals surface area contributed by atoms with Gasteiger partial charge in [0.2, 0.25) is 0 Å². The minimum atomic E-state index is -0.157. The van der Waals surface area contributed by atoms with Crippen molar-refractivity contribution < 1.29 is 9.84 Å². The normalized spacial score (nSPS) is 9.58. The predicted molar refractivity (Wildman–Crippen MR) is 73.7 cm³/mol. The topological polar surface area (TPSA) is 42.4 Å². The Balaban J connectivity index is 2.15. The van der Waals surface area contributed by atoms with Gasteiger partial charge in [0.05, 0.1) is 5.56 Å². The highest BCUT2D eigenvalue weighted by Gasteiger charge is 2.02. The van der Waals surface area contributed by atoms with Gasteiger partial charge in [-0.05, 0) is 30.7 Å². The number of aliphatic hydroxyl groups excluding tert-OH is 1. The molecule has 1 aromatic heterocycles. The van der Waals surface area contributed by atoms with E-state index in [1.807, 2.05) is 37.3 Å². The average Bonchev–Trinajstić information content (AvgIpc) is 2.45. The van der Waals surface area contributed by atoms with Crippen molar-refractivity contribution in [3.05, 3.63) is 59.4 Å². The Kier molecular flexibility index (Phi) is 4.54. The van der Waals surface area contributed by atoms with Gasteiger partial charge < -0.3 is 9.84 Å². The Hall–Kier alpha value is -2.31. The minimum absolute atomic E-state index is 0.157. The molecule has 0 aliphatic heterocycles. The summed E-state index contributed by atoms with van der Waals surface area (Å²) >= 11 is 0. The van der Waals surface area contributed by atoms with Crippen LogP contribution in [0.4, 0.5) is 0 Å². The van der Waals surface area contributed by atoms with E-state index in [-0.39, 0.29) is 6.61 Å². The van der Waals surface area contributed by atoms with Crippen LogP contribution in [0, 0.1) is 18.8 Å². The number of nitrogens with zero attached hydrogens (tertiary/aromatic N) is 1. The first-order valence-corrected chi connectivity index (χ1v) is 6.01. The summed E-state index contributed by atoms with van der Waals surface area (Å²) in [7, 11) is 0. The molecule has 3 nitrogen and oxygen atoms in total. The quantitative estimate of drug-likeness (QED) is 0.854. The van der Waals surface area contributed by atoms with Gasteiger partial charge in [0.15, 0.2) is 0 Å². The molecular formula is C16H15NO2. The van der Waals surface area contributed by atoms with E-state index in [0.29, 0.717) is 6.61 Å². The molecule has 19 heavy (non-hydrogen) atoms. The molecular weight excluding hydrogens is 238 g/mol. The van der Waals surface area contributed by atoms with Gasteiger partial charge in [-0.1, -0.05) is 24.0 Å². The van der Waals surface area contributed by atoms with Gasteiger partial charge in [-0.15, -0.1) is 0 Å².